The Morgan fingerprint density at radius 1 is 1.33 bits per heavy atom. The minimum absolute atomic E-state index is 0.432. The second kappa shape index (κ2) is 6.46. The Labute approximate surface area is 152 Å². The van der Waals surface area contributed by atoms with Gasteiger partial charge in [-0.25, -0.2) is 0 Å². The van der Waals surface area contributed by atoms with Gasteiger partial charge in [-0.05, 0) is 71.7 Å². The van der Waals surface area contributed by atoms with Crippen molar-refractivity contribution in [2.45, 2.75) is 25.3 Å². The van der Waals surface area contributed by atoms with Crippen molar-refractivity contribution in [3.63, 3.8) is 0 Å². The molecule has 1 aliphatic rings. The summed E-state index contributed by atoms with van der Waals surface area (Å²) in [5.74, 6) is 0. The average molecular weight is 477 g/mol. The van der Waals surface area contributed by atoms with Gasteiger partial charge in [-0.1, -0.05) is 15.9 Å². The molecular formula is C16H18BrIN2S. The van der Waals surface area contributed by atoms with Crippen molar-refractivity contribution in [2.75, 3.05) is 24.3 Å². The molecule has 0 aliphatic heterocycles. The van der Waals surface area contributed by atoms with Gasteiger partial charge in [0.05, 0.1) is 20.3 Å². The lowest BCUT2D eigenvalue weighted by Crippen LogP contribution is -2.18. The molecule has 2 nitrogen and oxygen atoms in total. The summed E-state index contributed by atoms with van der Waals surface area (Å²) in [6.07, 6.45) is 3.71. The fourth-order valence-corrected chi connectivity index (χ4v) is 5.35. The van der Waals surface area contributed by atoms with Crippen LogP contribution >= 0.6 is 49.9 Å². The van der Waals surface area contributed by atoms with E-state index >= 15 is 0 Å². The topological polar surface area (TPSA) is 15.3 Å². The molecule has 1 aliphatic carbocycles. The number of anilines is 2. The third kappa shape index (κ3) is 3.40. The molecule has 0 saturated carbocycles. The van der Waals surface area contributed by atoms with Crippen LogP contribution in [0.4, 0.5) is 11.4 Å². The van der Waals surface area contributed by atoms with Crippen LogP contribution in [0.15, 0.2) is 28.7 Å². The highest BCUT2D eigenvalue weighted by molar-refractivity contribution is 14.1. The van der Waals surface area contributed by atoms with Crippen molar-refractivity contribution in [3.8, 4) is 0 Å². The van der Waals surface area contributed by atoms with Gasteiger partial charge in [0.1, 0.15) is 0 Å². The zero-order valence-electron chi connectivity index (χ0n) is 12.1. The zero-order chi connectivity index (χ0) is 15.0. The van der Waals surface area contributed by atoms with Crippen molar-refractivity contribution in [1.82, 2.24) is 0 Å². The molecule has 1 aromatic carbocycles. The van der Waals surface area contributed by atoms with Gasteiger partial charge in [0.15, 0.2) is 0 Å². The lowest BCUT2D eigenvalue weighted by Gasteiger charge is -2.27. The van der Waals surface area contributed by atoms with Crippen molar-refractivity contribution < 1.29 is 0 Å². The summed E-state index contributed by atoms with van der Waals surface area (Å²) in [6.45, 7) is 0. The molecule has 0 bridgehead atoms. The molecule has 1 aromatic heterocycles. The minimum atomic E-state index is 0.432. The Hall–Kier alpha value is -0.270. The summed E-state index contributed by atoms with van der Waals surface area (Å²) in [6, 6.07) is 9.22. The Morgan fingerprint density at radius 2 is 2.14 bits per heavy atom. The van der Waals surface area contributed by atoms with Crippen LogP contribution in [0.1, 0.15) is 29.3 Å². The van der Waals surface area contributed by atoms with Crippen molar-refractivity contribution in [3.05, 3.63) is 42.1 Å². The fraction of sp³-hybridized carbons (Fsp3) is 0.375. The number of hydrogen-bond donors (Lipinski definition) is 1. The van der Waals surface area contributed by atoms with Gasteiger partial charge < -0.3 is 10.2 Å². The van der Waals surface area contributed by atoms with Crippen LogP contribution in [-0.2, 0) is 6.42 Å². The molecule has 1 N–H and O–H groups in total. The Balaban J connectivity index is 1.92. The summed E-state index contributed by atoms with van der Waals surface area (Å²) in [4.78, 5) is 3.72. The van der Waals surface area contributed by atoms with Gasteiger partial charge in [-0.2, -0.15) is 0 Å². The smallest absolute Gasteiger partial charge is 0.0660 e. The van der Waals surface area contributed by atoms with Crippen LogP contribution in [0.5, 0.6) is 0 Å². The van der Waals surface area contributed by atoms with E-state index in [9.17, 15) is 0 Å². The lowest BCUT2D eigenvalue weighted by molar-refractivity contribution is 0.608. The Kier molecular flexibility index (Phi) is 4.81. The molecule has 112 valence electrons. The van der Waals surface area contributed by atoms with Crippen LogP contribution in [0.2, 0.25) is 0 Å². The van der Waals surface area contributed by atoms with Gasteiger partial charge >= 0.3 is 0 Å². The number of hydrogen-bond acceptors (Lipinski definition) is 3. The first-order chi connectivity index (χ1) is 10.0. The van der Waals surface area contributed by atoms with Crippen LogP contribution in [0, 0.1) is 2.88 Å². The van der Waals surface area contributed by atoms with Crippen LogP contribution < -0.4 is 10.2 Å². The molecular weight excluding hydrogens is 459 g/mol. The van der Waals surface area contributed by atoms with Gasteiger partial charge in [-0.3, -0.25) is 0 Å². The summed E-state index contributed by atoms with van der Waals surface area (Å²) >= 11 is 7.97. The summed E-state index contributed by atoms with van der Waals surface area (Å²) in [5, 5.41) is 3.77. The molecule has 0 fully saturated rings. The fourth-order valence-electron chi connectivity index (χ4n) is 2.87. The highest BCUT2D eigenvalue weighted by Crippen LogP contribution is 2.40. The minimum Gasteiger partial charge on any atom is -0.376 e. The zero-order valence-corrected chi connectivity index (χ0v) is 16.7. The molecule has 1 unspecified atom stereocenters. The third-order valence-electron chi connectivity index (χ3n) is 3.85. The van der Waals surface area contributed by atoms with Crippen molar-refractivity contribution in [2.24, 2.45) is 0 Å². The number of nitrogens with zero attached hydrogens (tertiary/aromatic N) is 1. The number of halogens is 2. The maximum Gasteiger partial charge on any atom is 0.0660 e. The number of fused-ring (bicyclic) bond motifs is 1. The third-order valence-corrected chi connectivity index (χ3v) is 6.32. The van der Waals surface area contributed by atoms with Gasteiger partial charge in [0, 0.05) is 23.4 Å². The van der Waals surface area contributed by atoms with Crippen LogP contribution in [0.3, 0.4) is 0 Å². The largest absolute Gasteiger partial charge is 0.376 e. The van der Waals surface area contributed by atoms with Crippen LogP contribution in [0.25, 0.3) is 0 Å². The maximum absolute atomic E-state index is 3.77. The molecule has 1 atom stereocenters. The monoisotopic (exact) mass is 476 g/mol. The van der Waals surface area contributed by atoms with Gasteiger partial charge in [-0.15, -0.1) is 11.3 Å². The van der Waals surface area contributed by atoms with E-state index in [4.69, 9.17) is 0 Å². The average Bonchev–Trinajstić information content (AvgIpc) is 2.80. The Bertz CT molecular complexity index is 654. The standard InChI is InChI=1S/C16H18BrIN2S/c1-20(2)14-7-6-10(17)8-13(14)19-12-4-3-5-15-11(12)9-16(18)21-15/h6-9,12,19H,3-5H2,1-2H3. The van der Waals surface area contributed by atoms with Gasteiger partial charge in [0.2, 0.25) is 0 Å². The molecule has 1 heterocycles. The normalized spacial score (nSPS) is 17.4. The number of rotatable bonds is 3. The van der Waals surface area contributed by atoms with E-state index in [-0.39, 0.29) is 0 Å². The SMILES string of the molecule is CN(C)c1ccc(Br)cc1NC1CCCc2sc(I)cc21. The molecule has 3 rings (SSSR count). The first-order valence-corrected chi connectivity index (χ1v) is 9.75. The van der Waals surface area contributed by atoms with E-state index in [0.29, 0.717) is 6.04 Å². The van der Waals surface area contributed by atoms with Crippen molar-refractivity contribution in [1.29, 1.82) is 0 Å². The summed E-state index contributed by atoms with van der Waals surface area (Å²) < 4.78 is 2.51. The van der Waals surface area contributed by atoms with E-state index in [1.807, 2.05) is 11.3 Å². The Morgan fingerprint density at radius 3 is 2.90 bits per heavy atom. The molecule has 5 heteroatoms. The molecule has 21 heavy (non-hydrogen) atoms. The highest BCUT2D eigenvalue weighted by Gasteiger charge is 2.23. The molecule has 0 amide bonds. The van der Waals surface area contributed by atoms with Crippen LogP contribution in [-0.4, -0.2) is 14.1 Å². The van der Waals surface area contributed by atoms with Crippen molar-refractivity contribution >= 4 is 61.2 Å². The predicted molar refractivity (Wildman–Crippen MR) is 105 cm³/mol. The first-order valence-electron chi connectivity index (χ1n) is 7.06. The number of nitrogens with one attached hydrogen (secondary N) is 1. The number of benzene rings is 1. The molecule has 0 radical (unpaired) electrons. The van der Waals surface area contributed by atoms with E-state index in [0.717, 1.165) is 4.47 Å². The number of thiophene rings is 1. The second-order valence-corrected chi connectivity index (χ2v) is 9.52. The molecule has 2 aromatic rings. The quantitative estimate of drug-likeness (QED) is 0.574. The van der Waals surface area contributed by atoms with E-state index in [1.165, 1.54) is 39.1 Å². The van der Waals surface area contributed by atoms with E-state index in [2.05, 4.69) is 87.1 Å². The predicted octanol–water partition coefficient (Wildman–Crippen LogP) is 5.67. The highest BCUT2D eigenvalue weighted by atomic mass is 127. The van der Waals surface area contributed by atoms with E-state index in [1.54, 1.807) is 4.88 Å². The number of aryl methyl sites for hydroxylation is 1. The first kappa shape index (κ1) is 15.6. The molecule has 0 spiro atoms. The lowest BCUT2D eigenvalue weighted by atomic mass is 9.94. The molecule has 0 saturated heterocycles. The van der Waals surface area contributed by atoms with Gasteiger partial charge in [0.25, 0.3) is 0 Å². The maximum atomic E-state index is 3.77. The summed E-state index contributed by atoms with van der Waals surface area (Å²) in [7, 11) is 4.18. The van der Waals surface area contributed by atoms with E-state index < -0.39 is 0 Å². The summed E-state index contributed by atoms with van der Waals surface area (Å²) in [5.41, 5.74) is 3.93. The second-order valence-electron chi connectivity index (χ2n) is 5.57.